The first-order valence-electron chi connectivity index (χ1n) is 15.5. The Hall–Kier alpha value is 0.850. The van der Waals surface area contributed by atoms with E-state index >= 15 is 0 Å². The van der Waals surface area contributed by atoms with Crippen molar-refractivity contribution < 1.29 is 91.9 Å². The van der Waals surface area contributed by atoms with Crippen LogP contribution in [-0.2, 0) is 19.7 Å². The SMILES string of the molecule is CCCCCCCCCCCCCC(CCCCCCCCCCCCC)(C(=O)[O-])C(C(=O)[O-])S(=O)(=O)O.[Na+].[Na+]. The second kappa shape index (κ2) is 28.6. The molecule has 40 heavy (non-hydrogen) atoms. The Labute approximate surface area is 290 Å². The van der Waals surface area contributed by atoms with Gasteiger partial charge in [-0.25, -0.2) is 0 Å². The third kappa shape index (κ3) is 21.5. The van der Waals surface area contributed by atoms with Crippen molar-refractivity contribution in [2.45, 2.75) is 173 Å². The molecule has 1 unspecified atom stereocenters. The first-order chi connectivity index (χ1) is 18.1. The van der Waals surface area contributed by atoms with Gasteiger partial charge in [-0.3, -0.25) is 4.55 Å². The molecule has 0 amide bonds. The van der Waals surface area contributed by atoms with E-state index in [4.69, 9.17) is 0 Å². The summed E-state index contributed by atoms with van der Waals surface area (Å²) in [6.45, 7) is 4.39. The van der Waals surface area contributed by atoms with E-state index in [0.717, 1.165) is 38.5 Å². The van der Waals surface area contributed by atoms with Gasteiger partial charge in [0.15, 0.2) is 0 Å². The van der Waals surface area contributed by atoms with Gasteiger partial charge in [0.25, 0.3) is 10.1 Å². The molecule has 0 saturated heterocycles. The quantitative estimate of drug-likeness (QED) is 0.0761. The zero-order chi connectivity index (χ0) is 28.7. The van der Waals surface area contributed by atoms with Gasteiger partial charge in [-0.15, -0.1) is 0 Å². The Kier molecular flexibility index (Phi) is 32.4. The molecule has 7 nitrogen and oxygen atoms in total. The molecule has 0 saturated carbocycles. The summed E-state index contributed by atoms with van der Waals surface area (Å²) in [5, 5.41) is 21.5. The van der Waals surface area contributed by atoms with Crippen LogP contribution in [0.3, 0.4) is 0 Å². The number of hydrogen-bond acceptors (Lipinski definition) is 6. The van der Waals surface area contributed by atoms with Crippen LogP contribution in [-0.4, -0.2) is 30.2 Å². The standard InChI is InChI=1S/C30H58O7S.2Na/c1-3-5-7-9-11-13-15-17-19-21-23-25-30(29(33)34,27(28(31)32)38(35,36)37)26-24-22-20-18-16-14-12-10-8-6-4-2;;/h27H,3-26H2,1-2H3,(H,31,32)(H,33,34)(H,35,36,37);;/q;2*+1/p-2. The van der Waals surface area contributed by atoms with Gasteiger partial charge < -0.3 is 19.8 Å². The zero-order valence-corrected chi connectivity index (χ0v) is 31.2. The van der Waals surface area contributed by atoms with Crippen molar-refractivity contribution in [3.8, 4) is 0 Å². The molecule has 0 aromatic carbocycles. The summed E-state index contributed by atoms with van der Waals surface area (Å²) in [7, 11) is -5.18. The molecule has 0 rings (SSSR count). The average Bonchev–Trinajstić information content (AvgIpc) is 2.84. The fourth-order valence-corrected chi connectivity index (χ4v) is 6.69. The van der Waals surface area contributed by atoms with E-state index in [1.54, 1.807) is 0 Å². The number of unbranched alkanes of at least 4 members (excludes halogenated alkanes) is 20. The first-order valence-corrected chi connectivity index (χ1v) is 17.0. The Morgan fingerprint density at radius 2 is 0.825 bits per heavy atom. The number of hydrogen-bond donors (Lipinski definition) is 1. The van der Waals surface area contributed by atoms with Crippen molar-refractivity contribution in [3.63, 3.8) is 0 Å². The van der Waals surface area contributed by atoms with Crippen LogP contribution in [0.5, 0.6) is 0 Å². The van der Waals surface area contributed by atoms with Crippen LogP contribution in [0.15, 0.2) is 0 Å². The van der Waals surface area contributed by atoms with Crippen molar-refractivity contribution in [3.05, 3.63) is 0 Å². The molecule has 226 valence electrons. The monoisotopic (exact) mass is 606 g/mol. The van der Waals surface area contributed by atoms with Crippen LogP contribution >= 0.6 is 0 Å². The van der Waals surface area contributed by atoms with Crippen molar-refractivity contribution >= 4 is 22.1 Å². The van der Waals surface area contributed by atoms with E-state index in [1.807, 2.05) is 0 Å². The summed E-state index contributed by atoms with van der Waals surface area (Å²) >= 11 is 0. The molecule has 10 heteroatoms. The summed E-state index contributed by atoms with van der Waals surface area (Å²) in [5.74, 6) is -3.81. The number of carbonyl (C=O) groups excluding carboxylic acids is 2. The molecule has 1 atom stereocenters. The second-order valence-corrected chi connectivity index (χ2v) is 12.7. The van der Waals surface area contributed by atoms with Gasteiger partial charge in [-0.05, 0) is 12.8 Å². The van der Waals surface area contributed by atoms with E-state index in [2.05, 4.69) is 13.8 Å². The minimum absolute atomic E-state index is 0. The fourth-order valence-electron chi connectivity index (χ4n) is 5.54. The van der Waals surface area contributed by atoms with Gasteiger partial charge in [0.1, 0.15) is 5.25 Å². The zero-order valence-electron chi connectivity index (χ0n) is 26.4. The summed E-state index contributed by atoms with van der Waals surface area (Å²) in [6, 6.07) is 0. The molecular formula is C30H56Na2O7S. The first kappa shape index (κ1) is 45.3. The molecule has 0 radical (unpaired) electrons. The molecule has 0 bridgehead atoms. The minimum atomic E-state index is -5.18. The van der Waals surface area contributed by atoms with E-state index < -0.39 is 32.7 Å². The molecule has 0 aliphatic rings. The molecule has 0 heterocycles. The van der Waals surface area contributed by atoms with Crippen molar-refractivity contribution in [2.75, 3.05) is 0 Å². The maximum Gasteiger partial charge on any atom is 1.00 e. The molecule has 0 aliphatic carbocycles. The number of carbonyl (C=O) groups is 2. The van der Waals surface area contributed by atoms with E-state index in [-0.39, 0.29) is 72.0 Å². The molecule has 1 N–H and O–H groups in total. The van der Waals surface area contributed by atoms with Crippen molar-refractivity contribution in [2.24, 2.45) is 5.41 Å². The van der Waals surface area contributed by atoms with Crippen molar-refractivity contribution in [1.29, 1.82) is 0 Å². The minimum Gasteiger partial charge on any atom is -0.549 e. The molecule has 0 aromatic heterocycles. The smallest absolute Gasteiger partial charge is 0.549 e. The van der Waals surface area contributed by atoms with Gasteiger partial charge in [0.05, 0.1) is 5.97 Å². The second-order valence-electron chi connectivity index (χ2n) is 11.2. The maximum absolute atomic E-state index is 12.3. The van der Waals surface area contributed by atoms with E-state index in [1.165, 1.54) is 77.0 Å². The summed E-state index contributed by atoms with van der Waals surface area (Å²) in [5.41, 5.74) is -2.19. The average molecular weight is 607 g/mol. The molecular weight excluding hydrogens is 550 g/mol. The maximum atomic E-state index is 12.3. The normalized spacial score (nSPS) is 12.4. The van der Waals surface area contributed by atoms with Gasteiger partial charge >= 0.3 is 59.1 Å². The van der Waals surface area contributed by atoms with Crippen LogP contribution in [0.2, 0.25) is 0 Å². The Morgan fingerprint density at radius 3 is 1.02 bits per heavy atom. The van der Waals surface area contributed by atoms with Crippen LogP contribution in [0.1, 0.15) is 168 Å². The van der Waals surface area contributed by atoms with Gasteiger partial charge in [0, 0.05) is 11.4 Å². The molecule has 0 aliphatic heterocycles. The fraction of sp³-hybridized carbons (Fsp3) is 0.933. The number of carboxylic acids is 2. The summed E-state index contributed by atoms with van der Waals surface area (Å²) in [4.78, 5) is 24.0. The van der Waals surface area contributed by atoms with Crippen molar-refractivity contribution in [1.82, 2.24) is 0 Å². The summed E-state index contributed by atoms with van der Waals surface area (Å²) < 4.78 is 33.6. The molecule has 0 aromatic rings. The predicted octanol–water partition coefficient (Wildman–Crippen LogP) is 0.139. The van der Waals surface area contributed by atoms with Gasteiger partial charge in [-0.1, -0.05) is 155 Å². The van der Waals surface area contributed by atoms with Crippen LogP contribution in [0, 0.1) is 5.41 Å². The van der Waals surface area contributed by atoms with Crippen LogP contribution in [0.25, 0.3) is 0 Å². The largest absolute Gasteiger partial charge is 1.00 e. The predicted molar refractivity (Wildman–Crippen MR) is 150 cm³/mol. The Bertz CT molecular complexity index is 691. The number of rotatable bonds is 28. The third-order valence-corrected chi connectivity index (χ3v) is 9.11. The Balaban J connectivity index is -0.00000684. The number of aliphatic carboxylic acids is 2. The van der Waals surface area contributed by atoms with E-state index in [0.29, 0.717) is 25.7 Å². The number of carboxylic acid groups (broad SMARTS) is 2. The van der Waals surface area contributed by atoms with Gasteiger partial charge in [0.2, 0.25) is 0 Å². The topological polar surface area (TPSA) is 135 Å². The van der Waals surface area contributed by atoms with E-state index in [9.17, 15) is 32.8 Å². The third-order valence-electron chi connectivity index (χ3n) is 7.87. The van der Waals surface area contributed by atoms with Gasteiger partial charge in [-0.2, -0.15) is 8.42 Å². The summed E-state index contributed by atoms with van der Waals surface area (Å²) in [6.07, 6.45) is 22.5. The molecule has 0 fully saturated rings. The van der Waals surface area contributed by atoms with Crippen LogP contribution < -0.4 is 69.3 Å². The Morgan fingerprint density at radius 1 is 0.575 bits per heavy atom. The van der Waals surface area contributed by atoms with Crippen LogP contribution in [0.4, 0.5) is 0 Å². The molecule has 0 spiro atoms.